The van der Waals surface area contributed by atoms with Gasteiger partial charge in [0.25, 0.3) is 20.2 Å². The van der Waals surface area contributed by atoms with Gasteiger partial charge in [0.1, 0.15) is 0 Å². The second-order valence-electron chi connectivity index (χ2n) is 11.5. The van der Waals surface area contributed by atoms with Crippen LogP contribution in [-0.4, -0.2) is 67.8 Å². The molecule has 9 heteroatoms. The fraction of sp³-hybridized carbons (Fsp3) is 0.667. The first kappa shape index (κ1) is 44.5. The van der Waals surface area contributed by atoms with Crippen LogP contribution >= 0.6 is 0 Å². The van der Waals surface area contributed by atoms with Crippen LogP contribution in [0.1, 0.15) is 142 Å². The van der Waals surface area contributed by atoms with Crippen molar-refractivity contribution in [2.24, 2.45) is 0 Å². The molecule has 45 heavy (non-hydrogen) atoms. The molecule has 2 radical (unpaired) electrons. The Hall–Kier alpha value is -0.480. The smallest absolute Gasteiger partial charge is 0.266 e. The van der Waals surface area contributed by atoms with Crippen molar-refractivity contribution in [1.29, 1.82) is 0 Å². The van der Waals surface area contributed by atoms with Crippen LogP contribution in [0, 0.1) is 0 Å². The first-order valence-corrected chi connectivity index (χ1v) is 20.0. The zero-order valence-corrected chi connectivity index (χ0v) is 32.1. The Morgan fingerprint density at radius 3 is 0.911 bits per heavy atom. The summed E-state index contributed by atoms with van der Waals surface area (Å²) in [6.07, 6.45) is 24.5. The van der Waals surface area contributed by atoms with Crippen molar-refractivity contribution in [1.82, 2.24) is 0 Å². The fourth-order valence-electron chi connectivity index (χ4n) is 4.83. The maximum atomic E-state index is 11.9. The van der Waals surface area contributed by atoms with E-state index in [9.17, 15) is 16.8 Å². The van der Waals surface area contributed by atoms with E-state index in [1.165, 1.54) is 103 Å². The summed E-state index contributed by atoms with van der Waals surface area (Å²) in [5.74, 6) is 0. The van der Waals surface area contributed by atoms with Crippen molar-refractivity contribution in [3.63, 3.8) is 0 Å². The molecule has 0 heterocycles. The van der Waals surface area contributed by atoms with Crippen LogP contribution in [0.25, 0.3) is 0 Å². The van der Waals surface area contributed by atoms with Gasteiger partial charge in [-0.05, 0) is 37.1 Å². The van der Waals surface area contributed by atoms with E-state index < -0.39 is 20.2 Å². The molecular weight excluding hydrogens is 633 g/mol. The minimum Gasteiger partial charge on any atom is -0.266 e. The first-order valence-electron chi connectivity index (χ1n) is 17.2. The molecule has 0 N–H and O–H groups in total. The summed E-state index contributed by atoms with van der Waals surface area (Å²) in [6, 6.07) is 16.7. The Labute approximate surface area is 306 Å². The third-order valence-electron chi connectivity index (χ3n) is 7.54. The van der Waals surface area contributed by atoms with Gasteiger partial charge < -0.3 is 0 Å². The van der Waals surface area contributed by atoms with E-state index in [1.54, 1.807) is 60.7 Å². The maximum absolute atomic E-state index is 11.9. The second kappa shape index (κ2) is 29.6. The summed E-state index contributed by atoms with van der Waals surface area (Å²) in [5, 5.41) is 0. The molecule has 0 amide bonds. The van der Waals surface area contributed by atoms with Crippen LogP contribution in [0.4, 0.5) is 0 Å². The fourth-order valence-corrected chi connectivity index (χ4v) is 6.75. The third kappa shape index (κ3) is 24.3. The quantitative estimate of drug-likeness (QED) is 0.0554. The van der Waals surface area contributed by atoms with Crippen LogP contribution in [0.15, 0.2) is 70.5 Å². The van der Waals surface area contributed by atoms with Gasteiger partial charge in [0.15, 0.2) is 0 Å². The number of unbranched alkanes of at least 4 members (excludes halogenated alkanes) is 18. The van der Waals surface area contributed by atoms with Crippen LogP contribution in [0.2, 0.25) is 0 Å². The van der Waals surface area contributed by atoms with Crippen LogP contribution < -0.4 is 0 Å². The molecule has 0 aliphatic carbocycles. The molecule has 0 saturated heterocycles. The molecule has 0 aliphatic rings. The number of hydrogen-bond donors (Lipinski definition) is 0. The van der Waals surface area contributed by atoms with Gasteiger partial charge in [-0.15, -0.1) is 0 Å². The molecule has 0 atom stereocenters. The SMILES string of the molecule is CCCCCCCCCCCCOS(=O)(=O)c1ccccc1.CCCCCCCCCCCCOS(=O)(=O)c1ccccc1.[Ca]. The van der Waals surface area contributed by atoms with E-state index in [0.29, 0.717) is 0 Å². The average molecular weight is 693 g/mol. The zero-order chi connectivity index (χ0) is 32.2. The Morgan fingerprint density at radius 2 is 0.644 bits per heavy atom. The minimum atomic E-state index is -3.57. The van der Waals surface area contributed by atoms with Crippen LogP contribution in [-0.2, 0) is 28.6 Å². The molecule has 0 bridgehead atoms. The molecule has 0 saturated carbocycles. The molecule has 2 aromatic rings. The van der Waals surface area contributed by atoms with Crippen LogP contribution in [0.3, 0.4) is 0 Å². The summed E-state index contributed by atoms with van der Waals surface area (Å²) < 4.78 is 57.6. The summed E-state index contributed by atoms with van der Waals surface area (Å²) in [6.45, 7) is 5.04. The van der Waals surface area contributed by atoms with Gasteiger partial charge in [0.2, 0.25) is 0 Å². The largest absolute Gasteiger partial charge is 0.296 e. The normalized spacial score (nSPS) is 11.4. The van der Waals surface area contributed by atoms with Crippen molar-refractivity contribution < 1.29 is 25.2 Å². The molecule has 6 nitrogen and oxygen atoms in total. The predicted octanol–water partition coefficient (Wildman–Crippen LogP) is 10.2. The second-order valence-corrected chi connectivity index (χ2v) is 14.8. The van der Waals surface area contributed by atoms with E-state index in [2.05, 4.69) is 13.8 Å². The van der Waals surface area contributed by atoms with Crippen molar-refractivity contribution in [3.05, 3.63) is 60.7 Å². The van der Waals surface area contributed by atoms with Crippen molar-refractivity contribution >= 4 is 58.0 Å². The Bertz CT molecular complexity index is 1040. The molecule has 2 aromatic carbocycles. The molecule has 0 fully saturated rings. The number of benzene rings is 2. The Kier molecular flexibility index (Phi) is 29.3. The molecule has 0 aromatic heterocycles. The molecule has 0 unspecified atom stereocenters. The van der Waals surface area contributed by atoms with Gasteiger partial charge >= 0.3 is 0 Å². The standard InChI is InChI=1S/2C18H30O3S.Ca/c2*1-2-3-4-5-6-7-8-9-10-14-17-21-22(19,20)18-15-12-11-13-16-18;/h2*11-13,15-16H,2-10,14,17H2,1H3;. The van der Waals surface area contributed by atoms with Gasteiger partial charge in [-0.2, -0.15) is 16.8 Å². The van der Waals surface area contributed by atoms with Gasteiger partial charge in [0.05, 0.1) is 23.0 Å². The molecular formula is C36H60CaO6S2. The Morgan fingerprint density at radius 1 is 0.400 bits per heavy atom. The van der Waals surface area contributed by atoms with E-state index in [4.69, 9.17) is 8.37 Å². The maximum Gasteiger partial charge on any atom is 0.296 e. The van der Waals surface area contributed by atoms with Gasteiger partial charge in [-0.3, -0.25) is 8.37 Å². The van der Waals surface area contributed by atoms with Gasteiger partial charge in [-0.1, -0.05) is 166 Å². The van der Waals surface area contributed by atoms with E-state index in [0.717, 1.165) is 25.7 Å². The summed E-state index contributed by atoms with van der Waals surface area (Å²) in [4.78, 5) is 0.476. The average Bonchev–Trinajstić information content (AvgIpc) is 3.03. The van der Waals surface area contributed by atoms with Crippen molar-refractivity contribution in [2.45, 2.75) is 152 Å². The summed E-state index contributed by atoms with van der Waals surface area (Å²) >= 11 is 0. The zero-order valence-electron chi connectivity index (χ0n) is 28.3. The van der Waals surface area contributed by atoms with E-state index in [-0.39, 0.29) is 60.7 Å². The Balaban J connectivity index is 0.000000842. The van der Waals surface area contributed by atoms with Crippen LogP contribution in [0.5, 0.6) is 0 Å². The van der Waals surface area contributed by atoms with E-state index in [1.807, 2.05) is 0 Å². The number of hydrogen-bond acceptors (Lipinski definition) is 6. The van der Waals surface area contributed by atoms with Gasteiger partial charge in [-0.25, -0.2) is 0 Å². The summed E-state index contributed by atoms with van der Waals surface area (Å²) in [7, 11) is -7.14. The van der Waals surface area contributed by atoms with Crippen molar-refractivity contribution in [2.75, 3.05) is 13.2 Å². The molecule has 254 valence electrons. The topological polar surface area (TPSA) is 86.7 Å². The monoisotopic (exact) mass is 692 g/mol. The number of rotatable bonds is 26. The summed E-state index contributed by atoms with van der Waals surface area (Å²) in [5.41, 5.74) is 0. The van der Waals surface area contributed by atoms with E-state index >= 15 is 0 Å². The molecule has 0 spiro atoms. The molecule has 2 rings (SSSR count). The minimum absolute atomic E-state index is 0. The van der Waals surface area contributed by atoms with Crippen molar-refractivity contribution in [3.8, 4) is 0 Å². The first-order chi connectivity index (χ1) is 21.3. The third-order valence-corrected chi connectivity index (χ3v) is 10.2. The van der Waals surface area contributed by atoms with Gasteiger partial charge in [0, 0.05) is 37.7 Å². The molecule has 0 aliphatic heterocycles. The predicted molar refractivity (Wildman–Crippen MR) is 189 cm³/mol.